The van der Waals surface area contributed by atoms with Crippen LogP contribution >= 0.6 is 15.8 Å². The predicted octanol–water partition coefficient (Wildman–Crippen LogP) is 3.84. The molecule has 0 spiro atoms. The van der Waals surface area contributed by atoms with Gasteiger partial charge in [-0.1, -0.05) is 121 Å². The molecule has 0 aromatic heterocycles. The largest absolute Gasteiger partial charge is 1.00 e. The Balaban J connectivity index is -0.000000898. The maximum Gasteiger partial charge on any atom is 0.0586 e. The van der Waals surface area contributed by atoms with Crippen molar-refractivity contribution < 1.29 is 55.0 Å². The molecule has 0 unspecified atom stereocenters. The molecule has 0 bridgehead atoms. The van der Waals surface area contributed by atoms with Crippen molar-refractivity contribution in [2.45, 2.75) is 26.3 Å². The van der Waals surface area contributed by atoms with Crippen molar-refractivity contribution in [2.24, 2.45) is 0 Å². The van der Waals surface area contributed by atoms with E-state index in [4.69, 9.17) is 20.5 Å². The SMILES string of the molecule is [C-]#[N+]C(C)(C)C.[C-]#[O+].[C-]#[O+].[C-]#[O+].[C](P(c1ccccc1)c1ccccc1)P(c1ccccc1)c1ccccc1.[I-].[Mn]. The molecule has 0 saturated heterocycles. The van der Waals surface area contributed by atoms with Crippen molar-refractivity contribution in [3.63, 3.8) is 0 Å². The van der Waals surface area contributed by atoms with Crippen LogP contribution in [0, 0.1) is 32.4 Å². The molecule has 4 nitrogen and oxygen atoms in total. The summed E-state index contributed by atoms with van der Waals surface area (Å²) in [6.45, 7) is 25.6. The number of halogens is 1. The Morgan fingerprint density at radius 2 is 0.683 bits per heavy atom. The first-order valence-corrected chi connectivity index (χ1v) is 14.2. The predicted molar refractivity (Wildman–Crippen MR) is 160 cm³/mol. The topological polar surface area (TPSA) is 64.1 Å². The van der Waals surface area contributed by atoms with Crippen LogP contribution in [-0.2, 0) is 31.0 Å². The van der Waals surface area contributed by atoms with Crippen molar-refractivity contribution in [1.29, 1.82) is 0 Å². The molecule has 41 heavy (non-hydrogen) atoms. The molecule has 0 saturated carbocycles. The van der Waals surface area contributed by atoms with Gasteiger partial charge in [0.25, 0.3) is 0 Å². The van der Waals surface area contributed by atoms with E-state index in [2.05, 4.69) is 152 Å². The second-order valence-electron chi connectivity index (χ2n) is 8.40. The third-order valence-corrected chi connectivity index (χ3v) is 9.45. The molecule has 209 valence electrons. The van der Waals surface area contributed by atoms with E-state index in [9.17, 15) is 0 Å². The summed E-state index contributed by atoms with van der Waals surface area (Å²) < 4.78 is 22.5. The van der Waals surface area contributed by atoms with E-state index in [-0.39, 0.29) is 46.6 Å². The summed E-state index contributed by atoms with van der Waals surface area (Å²) in [4.78, 5) is 3.27. The summed E-state index contributed by atoms with van der Waals surface area (Å²) in [6, 6.07) is 43.2. The number of hydrogen-bond acceptors (Lipinski definition) is 0. The molecule has 0 heterocycles. The first kappa shape index (κ1) is 43.2. The summed E-state index contributed by atoms with van der Waals surface area (Å²) in [5, 5.41) is 5.38. The molecule has 0 amide bonds. The molecule has 0 aliphatic heterocycles. The van der Waals surface area contributed by atoms with Gasteiger partial charge in [-0.15, -0.1) is 0 Å². The zero-order chi connectivity index (χ0) is 29.5. The monoisotopic (exact) mass is 731 g/mol. The third kappa shape index (κ3) is 17.3. The van der Waals surface area contributed by atoms with E-state index in [1.54, 1.807) is 0 Å². The standard InChI is InChI=1S/C25H20P2.C5H9N.3CO.HI.Mn/c1-5-13-22(14-6-1)26(23-15-7-2-8-16-23)21-27(24-17-9-3-10-18-24)25-19-11-4-12-20-25;1-5(2,3)6-4;3*1-2;;/h1-20H;1-3H3;;;;1H;/p-1. The van der Waals surface area contributed by atoms with Gasteiger partial charge in [0, 0.05) is 37.8 Å². The first-order chi connectivity index (χ1) is 19.0. The molecule has 3 radical (unpaired) electrons. The van der Waals surface area contributed by atoms with Gasteiger partial charge in [0.05, 0.1) is 5.90 Å². The third-order valence-electron chi connectivity index (χ3n) is 4.59. The fourth-order valence-electron chi connectivity index (χ4n) is 2.94. The molecule has 4 rings (SSSR count). The van der Waals surface area contributed by atoms with Gasteiger partial charge in [0.1, 0.15) is 0 Å². The number of rotatable bonds is 6. The minimum absolute atomic E-state index is 0. The maximum atomic E-state index is 7.50. The van der Waals surface area contributed by atoms with Gasteiger partial charge in [-0.05, 0) is 37.1 Å². The van der Waals surface area contributed by atoms with Gasteiger partial charge < -0.3 is 28.8 Å². The summed E-state index contributed by atoms with van der Waals surface area (Å²) in [5.41, 5.74) is -0.167. The fraction of sp³-hybridized carbons (Fsp3) is 0.121. The van der Waals surface area contributed by atoms with Crippen LogP contribution in [0.5, 0.6) is 0 Å². The van der Waals surface area contributed by atoms with Crippen LogP contribution in [-0.4, -0.2) is 5.54 Å². The average molecular weight is 731 g/mol. The molecule has 0 aliphatic carbocycles. The van der Waals surface area contributed by atoms with Gasteiger partial charge in [0.2, 0.25) is 5.54 Å². The Morgan fingerprint density at radius 1 is 0.512 bits per heavy atom. The summed E-state index contributed by atoms with van der Waals surface area (Å²) >= 11 is 0. The minimum Gasteiger partial charge on any atom is -1.00 e. The van der Waals surface area contributed by atoms with Crippen LogP contribution in [0.3, 0.4) is 0 Å². The van der Waals surface area contributed by atoms with E-state index < -0.39 is 15.8 Å². The Bertz CT molecular complexity index is 1100. The fourth-order valence-corrected chi connectivity index (χ4v) is 8.06. The molecule has 4 aromatic carbocycles. The van der Waals surface area contributed by atoms with Gasteiger partial charge in [-0.3, -0.25) is 0 Å². The number of hydrogen-bond donors (Lipinski definition) is 0. The Kier molecular flexibility index (Phi) is 28.0. The molecular formula is C33H29IMnNO3P2-. The van der Waals surface area contributed by atoms with Gasteiger partial charge in [-0.25, -0.2) is 6.57 Å². The van der Waals surface area contributed by atoms with Gasteiger partial charge in [0.15, 0.2) is 0 Å². The van der Waals surface area contributed by atoms with Crippen LogP contribution in [0.2, 0.25) is 0 Å². The Labute approximate surface area is 275 Å². The number of benzene rings is 4. The van der Waals surface area contributed by atoms with Crippen LogP contribution in [0.25, 0.3) is 4.85 Å². The normalized spacial score (nSPS) is 8.93. The van der Waals surface area contributed by atoms with Crippen molar-refractivity contribution in [3.05, 3.63) is 159 Å². The number of nitrogens with zero attached hydrogens (tertiary/aromatic N) is 1. The minimum atomic E-state index is -0.659. The quantitative estimate of drug-likeness (QED) is 0.0953. The molecule has 4 aromatic rings. The van der Waals surface area contributed by atoms with Crippen LogP contribution in [0.1, 0.15) is 20.8 Å². The van der Waals surface area contributed by atoms with Crippen LogP contribution < -0.4 is 45.2 Å². The summed E-state index contributed by atoms with van der Waals surface area (Å²) in [6.07, 6.45) is 0. The second kappa shape index (κ2) is 26.6. The summed E-state index contributed by atoms with van der Waals surface area (Å²) in [5.74, 6) is 4.05. The van der Waals surface area contributed by atoms with E-state index in [0.29, 0.717) is 0 Å². The zero-order valence-electron chi connectivity index (χ0n) is 22.9. The van der Waals surface area contributed by atoms with E-state index in [0.717, 1.165) is 0 Å². The van der Waals surface area contributed by atoms with Crippen molar-refractivity contribution in [1.82, 2.24) is 0 Å². The second-order valence-corrected chi connectivity index (χ2v) is 12.6. The van der Waals surface area contributed by atoms with Crippen molar-refractivity contribution >= 4 is 37.1 Å². The van der Waals surface area contributed by atoms with Gasteiger partial charge >= 0.3 is 33.9 Å². The zero-order valence-corrected chi connectivity index (χ0v) is 28.0. The van der Waals surface area contributed by atoms with Crippen LogP contribution in [0.15, 0.2) is 121 Å². The molecule has 8 heteroatoms. The van der Waals surface area contributed by atoms with E-state index >= 15 is 0 Å². The van der Waals surface area contributed by atoms with Crippen molar-refractivity contribution in [2.75, 3.05) is 0 Å². The summed E-state index contributed by atoms with van der Waals surface area (Å²) in [7, 11) is -1.32. The Hall–Kier alpha value is -2.30. The van der Waals surface area contributed by atoms with Crippen molar-refractivity contribution in [3.8, 4) is 0 Å². The smallest absolute Gasteiger partial charge is 0.0586 e. The molecule has 0 atom stereocenters. The molecular weight excluding hydrogens is 702 g/mol. The average Bonchev–Trinajstić information content (AvgIpc) is 3.02. The van der Waals surface area contributed by atoms with Crippen LogP contribution in [0.4, 0.5) is 0 Å². The molecule has 0 fully saturated rings. The first-order valence-electron chi connectivity index (χ1n) is 11.5. The molecule has 0 N–H and O–H groups in total. The Morgan fingerprint density at radius 3 is 0.829 bits per heavy atom. The van der Waals surface area contributed by atoms with Gasteiger partial charge in [-0.2, -0.15) is 0 Å². The maximum absolute atomic E-state index is 7.50. The molecule has 0 aliphatic rings. The van der Waals surface area contributed by atoms with E-state index in [1.807, 2.05) is 20.8 Å². The van der Waals surface area contributed by atoms with E-state index in [1.165, 1.54) is 21.2 Å².